The van der Waals surface area contributed by atoms with Crippen LogP contribution >= 0.6 is 7.82 Å². The fourth-order valence-corrected chi connectivity index (χ4v) is 5.17. The van der Waals surface area contributed by atoms with E-state index in [1.807, 2.05) is 6.08 Å². The van der Waals surface area contributed by atoms with E-state index < -0.39 is 32.5 Å². The number of unbranched alkanes of at least 4 members (excludes halogenated alkanes) is 11. The van der Waals surface area contributed by atoms with Crippen molar-refractivity contribution in [2.45, 2.75) is 155 Å². The summed E-state index contributed by atoms with van der Waals surface area (Å²) in [5.41, 5.74) is 0. The monoisotopic (exact) mass is 734 g/mol. The molecule has 0 aliphatic heterocycles. The number of allylic oxidation sites excluding steroid dienone is 12. The van der Waals surface area contributed by atoms with Crippen LogP contribution in [0.5, 0.6) is 0 Å². The van der Waals surface area contributed by atoms with E-state index in [0.717, 1.165) is 83.5 Å². The molecule has 0 saturated carbocycles. The molecule has 0 aromatic carbocycles. The maximum Gasteiger partial charge on any atom is 0.469 e. The number of carbonyl (C=O) groups excluding carboxylic acids is 3. The van der Waals surface area contributed by atoms with Crippen LogP contribution in [0.1, 0.15) is 149 Å². The number of hydrogen-bond acceptors (Lipinski definition) is 7. The molecular weight excluding hydrogens is 667 g/mol. The molecule has 0 bridgehead atoms. The second kappa shape index (κ2) is 35.6. The van der Waals surface area contributed by atoms with E-state index in [2.05, 4.69) is 73.1 Å². The topological polar surface area (TPSA) is 136 Å². The van der Waals surface area contributed by atoms with Gasteiger partial charge in [-0.25, -0.2) is 4.57 Å². The van der Waals surface area contributed by atoms with Crippen LogP contribution < -0.4 is 0 Å². The molecule has 0 fully saturated rings. The highest BCUT2D eigenvalue weighted by molar-refractivity contribution is 7.46. The second-order valence-electron chi connectivity index (χ2n) is 12.6. The van der Waals surface area contributed by atoms with E-state index in [1.54, 1.807) is 12.2 Å². The molecule has 290 valence electrons. The van der Waals surface area contributed by atoms with Crippen LogP contribution in [-0.2, 0) is 32.9 Å². The Morgan fingerprint density at radius 3 is 1.75 bits per heavy atom. The Morgan fingerprint density at radius 1 is 0.588 bits per heavy atom. The molecule has 0 radical (unpaired) electrons. The van der Waals surface area contributed by atoms with E-state index in [0.29, 0.717) is 19.3 Å². The Labute approximate surface area is 308 Å². The van der Waals surface area contributed by atoms with Crippen molar-refractivity contribution >= 4 is 25.5 Å². The molecule has 0 heterocycles. The van der Waals surface area contributed by atoms with Crippen LogP contribution in [0.15, 0.2) is 72.9 Å². The van der Waals surface area contributed by atoms with Crippen LogP contribution in [0.25, 0.3) is 0 Å². The summed E-state index contributed by atoms with van der Waals surface area (Å²) in [5, 5.41) is 0. The number of ether oxygens (including phenoxy) is 2. The Kier molecular flexibility index (Phi) is 33.6. The number of rotatable bonds is 34. The van der Waals surface area contributed by atoms with Crippen molar-refractivity contribution in [1.29, 1.82) is 0 Å². The molecule has 0 aliphatic carbocycles. The first-order valence-electron chi connectivity index (χ1n) is 19.2. The van der Waals surface area contributed by atoms with Gasteiger partial charge in [0.1, 0.15) is 6.61 Å². The van der Waals surface area contributed by atoms with Crippen LogP contribution in [0.3, 0.4) is 0 Å². The number of phosphoric acid groups is 1. The van der Waals surface area contributed by atoms with E-state index in [4.69, 9.17) is 19.3 Å². The lowest BCUT2D eigenvalue weighted by Gasteiger charge is -2.18. The van der Waals surface area contributed by atoms with Crippen LogP contribution in [0.4, 0.5) is 0 Å². The Bertz CT molecular complexity index is 1110. The third-order valence-electron chi connectivity index (χ3n) is 7.69. The SMILES string of the molecule is CC/C=C\C/C=C\C/C=C\C/C=C\CCCCCCC(=O)OC[C@H](COP(=O)(O)O)OC(=O)CCCCCCCC(=O)/C=C/C=C\CCCCC. The summed E-state index contributed by atoms with van der Waals surface area (Å²) in [6.07, 6.45) is 41.5. The molecule has 1 atom stereocenters. The second-order valence-corrected chi connectivity index (χ2v) is 13.8. The van der Waals surface area contributed by atoms with Gasteiger partial charge in [-0.1, -0.05) is 126 Å². The number of carbonyl (C=O) groups is 3. The van der Waals surface area contributed by atoms with Gasteiger partial charge in [-0.05, 0) is 76.7 Å². The summed E-state index contributed by atoms with van der Waals surface area (Å²) in [5.74, 6) is -0.907. The summed E-state index contributed by atoms with van der Waals surface area (Å²) in [4.78, 5) is 54.7. The molecule has 0 spiro atoms. The van der Waals surface area contributed by atoms with Gasteiger partial charge in [0, 0.05) is 19.3 Å². The zero-order valence-electron chi connectivity index (χ0n) is 31.5. The molecular formula is C41H67O9P. The third-order valence-corrected chi connectivity index (χ3v) is 8.17. The lowest BCUT2D eigenvalue weighted by atomic mass is 10.1. The fourth-order valence-electron chi connectivity index (χ4n) is 4.81. The molecule has 2 N–H and O–H groups in total. The zero-order valence-corrected chi connectivity index (χ0v) is 32.4. The summed E-state index contributed by atoms with van der Waals surface area (Å²) >= 11 is 0. The summed E-state index contributed by atoms with van der Waals surface area (Å²) in [6, 6.07) is 0. The van der Waals surface area contributed by atoms with Gasteiger partial charge in [0.25, 0.3) is 0 Å². The van der Waals surface area contributed by atoms with Gasteiger partial charge in [0.2, 0.25) is 0 Å². The van der Waals surface area contributed by atoms with Crippen LogP contribution in [-0.4, -0.2) is 46.8 Å². The first-order valence-corrected chi connectivity index (χ1v) is 20.7. The highest BCUT2D eigenvalue weighted by Gasteiger charge is 2.22. The highest BCUT2D eigenvalue weighted by Crippen LogP contribution is 2.36. The fraction of sp³-hybridized carbons (Fsp3) is 0.634. The van der Waals surface area contributed by atoms with Crippen LogP contribution in [0.2, 0.25) is 0 Å². The van der Waals surface area contributed by atoms with E-state index in [1.165, 1.54) is 19.3 Å². The number of ketones is 1. The van der Waals surface area contributed by atoms with Gasteiger partial charge >= 0.3 is 19.8 Å². The molecule has 0 rings (SSSR count). The summed E-state index contributed by atoms with van der Waals surface area (Å²) in [7, 11) is -4.79. The largest absolute Gasteiger partial charge is 0.469 e. The number of phosphoric ester groups is 1. The van der Waals surface area contributed by atoms with Crippen molar-refractivity contribution in [2.24, 2.45) is 0 Å². The number of hydrogen-bond donors (Lipinski definition) is 2. The van der Waals surface area contributed by atoms with Crippen molar-refractivity contribution in [3.8, 4) is 0 Å². The minimum absolute atomic E-state index is 0.106. The van der Waals surface area contributed by atoms with Crippen molar-refractivity contribution < 1.29 is 42.7 Å². The minimum atomic E-state index is -4.79. The Morgan fingerprint density at radius 2 is 1.12 bits per heavy atom. The van der Waals surface area contributed by atoms with Gasteiger partial charge in [-0.15, -0.1) is 0 Å². The molecule has 0 aromatic heterocycles. The maximum absolute atomic E-state index is 12.4. The predicted octanol–water partition coefficient (Wildman–Crippen LogP) is 10.7. The van der Waals surface area contributed by atoms with Gasteiger partial charge in [0.05, 0.1) is 6.61 Å². The molecule has 0 unspecified atom stereocenters. The molecule has 0 aliphatic rings. The van der Waals surface area contributed by atoms with Crippen molar-refractivity contribution in [3.05, 3.63) is 72.9 Å². The van der Waals surface area contributed by atoms with Gasteiger partial charge in [-0.2, -0.15) is 0 Å². The highest BCUT2D eigenvalue weighted by atomic mass is 31.2. The van der Waals surface area contributed by atoms with E-state index >= 15 is 0 Å². The smallest absolute Gasteiger partial charge is 0.462 e. The Balaban J connectivity index is 4.11. The van der Waals surface area contributed by atoms with Crippen LogP contribution in [0, 0.1) is 0 Å². The van der Waals surface area contributed by atoms with Gasteiger partial charge < -0.3 is 19.3 Å². The molecule has 0 saturated heterocycles. The predicted molar refractivity (Wildman–Crippen MR) is 207 cm³/mol. The van der Waals surface area contributed by atoms with Gasteiger partial charge in [-0.3, -0.25) is 18.9 Å². The average Bonchev–Trinajstić information content (AvgIpc) is 3.09. The lowest BCUT2D eigenvalue weighted by molar-refractivity contribution is -0.161. The van der Waals surface area contributed by atoms with Crippen molar-refractivity contribution in [3.63, 3.8) is 0 Å². The minimum Gasteiger partial charge on any atom is -0.462 e. The lowest BCUT2D eigenvalue weighted by Crippen LogP contribution is -2.29. The molecule has 0 aromatic rings. The van der Waals surface area contributed by atoms with Gasteiger partial charge in [0.15, 0.2) is 11.9 Å². The normalized spacial score (nSPS) is 13.2. The van der Waals surface area contributed by atoms with Crippen molar-refractivity contribution in [1.82, 2.24) is 0 Å². The quantitative estimate of drug-likeness (QED) is 0.0165. The summed E-state index contributed by atoms with van der Waals surface area (Å²) < 4.78 is 26.2. The molecule has 51 heavy (non-hydrogen) atoms. The molecule has 10 heteroatoms. The zero-order chi connectivity index (χ0) is 37.7. The molecule has 9 nitrogen and oxygen atoms in total. The Hall–Kier alpha value is -2.84. The summed E-state index contributed by atoms with van der Waals surface area (Å²) in [6.45, 7) is 3.38. The number of esters is 2. The van der Waals surface area contributed by atoms with E-state index in [9.17, 15) is 18.9 Å². The third kappa shape index (κ3) is 38.2. The van der Waals surface area contributed by atoms with E-state index in [-0.39, 0.29) is 25.2 Å². The molecule has 0 amide bonds. The standard InChI is InChI=1S/C41H67O9P/c1-3-5-7-9-11-12-13-14-15-16-17-18-19-20-22-26-30-34-40(43)48-36-39(37-49-51(45,46)47)50-41(44)35-31-27-23-25-29-33-38(42)32-28-24-21-10-8-6-4-2/h5,7,11-12,14-15,17-18,21,24,28,32,39H,3-4,6,8-10,13,16,19-20,22-23,25-27,29-31,33-37H2,1-2H3,(H2,45,46,47)/b7-5-,12-11-,15-14-,18-17-,24-21-,32-28+/t39-/m1/s1. The first-order chi connectivity index (χ1) is 24.7. The first kappa shape index (κ1) is 48.2. The average molecular weight is 735 g/mol. The maximum atomic E-state index is 12.4. The van der Waals surface area contributed by atoms with Crippen molar-refractivity contribution in [2.75, 3.05) is 13.2 Å².